The molecule has 0 saturated heterocycles. The minimum Gasteiger partial charge on any atom is -0.325 e. The van der Waals surface area contributed by atoms with E-state index in [1.807, 2.05) is 22.9 Å². The highest BCUT2D eigenvalue weighted by Crippen LogP contribution is 2.15. The summed E-state index contributed by atoms with van der Waals surface area (Å²) >= 11 is 0. The van der Waals surface area contributed by atoms with E-state index in [1.165, 1.54) is 5.56 Å². The van der Waals surface area contributed by atoms with E-state index in [1.54, 1.807) is 6.33 Å². The Kier molecular flexibility index (Phi) is 4.55. The van der Waals surface area contributed by atoms with Crippen LogP contribution in [0.2, 0.25) is 0 Å². The van der Waals surface area contributed by atoms with Gasteiger partial charge in [0.05, 0.1) is 0 Å². The van der Waals surface area contributed by atoms with Crippen LogP contribution in [-0.2, 0) is 19.4 Å². The van der Waals surface area contributed by atoms with Crippen LogP contribution < -0.4 is 5.73 Å². The average molecular weight is 272 g/mol. The van der Waals surface area contributed by atoms with Crippen LogP contribution >= 0.6 is 0 Å². The number of nitrogens with two attached hydrogens (primary N) is 1. The Labute approximate surface area is 121 Å². The molecule has 20 heavy (non-hydrogen) atoms. The third-order valence-corrected chi connectivity index (χ3v) is 3.25. The molecule has 2 rings (SSSR count). The van der Waals surface area contributed by atoms with Crippen molar-refractivity contribution >= 4 is 0 Å². The second kappa shape index (κ2) is 6.18. The highest BCUT2D eigenvalue weighted by Gasteiger charge is 2.22. The Bertz CT molecular complexity index is 528. The van der Waals surface area contributed by atoms with E-state index in [4.69, 9.17) is 5.73 Å². The SMILES string of the molecule is CC(C)Cn1ncnc1CC(C)(N)Cc1ccccc1. The van der Waals surface area contributed by atoms with Gasteiger partial charge in [-0.1, -0.05) is 44.2 Å². The first-order chi connectivity index (χ1) is 9.46. The summed E-state index contributed by atoms with van der Waals surface area (Å²) in [5, 5.41) is 4.30. The summed E-state index contributed by atoms with van der Waals surface area (Å²) in [7, 11) is 0. The molecule has 0 aliphatic carbocycles. The van der Waals surface area contributed by atoms with Gasteiger partial charge in [0, 0.05) is 18.5 Å². The molecule has 0 fully saturated rings. The molecule has 0 amide bonds. The number of rotatable bonds is 6. The second-order valence-electron chi connectivity index (χ2n) is 6.25. The molecular formula is C16H24N4. The Morgan fingerprint density at radius 2 is 1.90 bits per heavy atom. The number of hydrogen-bond donors (Lipinski definition) is 1. The highest BCUT2D eigenvalue weighted by atomic mass is 15.3. The summed E-state index contributed by atoms with van der Waals surface area (Å²) in [5.74, 6) is 1.52. The predicted octanol–water partition coefficient (Wildman–Crippen LogP) is 2.44. The van der Waals surface area contributed by atoms with Crippen LogP contribution in [0.15, 0.2) is 36.7 Å². The van der Waals surface area contributed by atoms with E-state index in [-0.39, 0.29) is 5.54 Å². The summed E-state index contributed by atoms with van der Waals surface area (Å²) < 4.78 is 1.97. The maximum Gasteiger partial charge on any atom is 0.138 e. The van der Waals surface area contributed by atoms with Gasteiger partial charge < -0.3 is 5.73 Å². The summed E-state index contributed by atoms with van der Waals surface area (Å²) in [6.07, 6.45) is 3.19. The minimum atomic E-state index is -0.316. The molecule has 1 heterocycles. The normalized spacial score (nSPS) is 14.4. The van der Waals surface area contributed by atoms with E-state index >= 15 is 0 Å². The van der Waals surface area contributed by atoms with Crippen molar-refractivity contribution < 1.29 is 0 Å². The van der Waals surface area contributed by atoms with Crippen molar-refractivity contribution in [2.24, 2.45) is 11.7 Å². The number of benzene rings is 1. The molecule has 0 saturated carbocycles. The molecule has 0 aliphatic heterocycles. The Hall–Kier alpha value is -1.68. The van der Waals surface area contributed by atoms with Crippen LogP contribution in [0.25, 0.3) is 0 Å². The first-order valence-corrected chi connectivity index (χ1v) is 7.16. The van der Waals surface area contributed by atoms with Gasteiger partial charge in [0.2, 0.25) is 0 Å². The zero-order valence-electron chi connectivity index (χ0n) is 12.6. The number of nitrogens with zero attached hydrogens (tertiary/aromatic N) is 3. The highest BCUT2D eigenvalue weighted by molar-refractivity contribution is 5.18. The average Bonchev–Trinajstić information content (AvgIpc) is 2.75. The molecule has 1 unspecified atom stereocenters. The fourth-order valence-corrected chi connectivity index (χ4v) is 2.41. The third kappa shape index (κ3) is 4.17. The lowest BCUT2D eigenvalue weighted by Gasteiger charge is -2.24. The van der Waals surface area contributed by atoms with Gasteiger partial charge in [-0.2, -0.15) is 5.10 Å². The van der Waals surface area contributed by atoms with Crippen molar-refractivity contribution in [2.45, 2.75) is 45.7 Å². The second-order valence-corrected chi connectivity index (χ2v) is 6.25. The van der Waals surface area contributed by atoms with E-state index in [2.05, 4.69) is 43.0 Å². The molecule has 1 atom stereocenters. The molecule has 4 heteroatoms. The van der Waals surface area contributed by atoms with Crippen LogP contribution in [0.3, 0.4) is 0 Å². The molecule has 0 bridgehead atoms. The summed E-state index contributed by atoms with van der Waals surface area (Å²) in [6.45, 7) is 7.32. The van der Waals surface area contributed by atoms with Gasteiger partial charge in [0.15, 0.2) is 0 Å². The number of hydrogen-bond acceptors (Lipinski definition) is 3. The Balaban J connectivity index is 2.06. The van der Waals surface area contributed by atoms with Gasteiger partial charge >= 0.3 is 0 Å². The molecule has 0 aliphatic rings. The first kappa shape index (κ1) is 14.7. The molecule has 1 aromatic heterocycles. The maximum absolute atomic E-state index is 6.46. The first-order valence-electron chi connectivity index (χ1n) is 7.16. The lowest BCUT2D eigenvalue weighted by Crippen LogP contribution is -2.41. The molecule has 0 radical (unpaired) electrons. The zero-order valence-corrected chi connectivity index (χ0v) is 12.6. The van der Waals surface area contributed by atoms with Crippen molar-refractivity contribution in [3.63, 3.8) is 0 Å². The van der Waals surface area contributed by atoms with Gasteiger partial charge in [0.1, 0.15) is 12.2 Å². The smallest absolute Gasteiger partial charge is 0.138 e. The summed E-state index contributed by atoms with van der Waals surface area (Å²) in [6, 6.07) is 10.4. The zero-order chi connectivity index (χ0) is 14.6. The lowest BCUT2D eigenvalue weighted by molar-refractivity contribution is 0.411. The largest absolute Gasteiger partial charge is 0.325 e. The van der Waals surface area contributed by atoms with Gasteiger partial charge in [-0.05, 0) is 24.8 Å². The van der Waals surface area contributed by atoms with E-state index in [0.717, 1.165) is 25.2 Å². The van der Waals surface area contributed by atoms with Crippen molar-refractivity contribution in [1.82, 2.24) is 14.8 Å². The van der Waals surface area contributed by atoms with Crippen LogP contribution in [0.4, 0.5) is 0 Å². The van der Waals surface area contributed by atoms with Gasteiger partial charge in [-0.15, -0.1) is 0 Å². The quantitative estimate of drug-likeness (QED) is 0.878. The third-order valence-electron chi connectivity index (χ3n) is 3.25. The Morgan fingerprint density at radius 1 is 1.20 bits per heavy atom. The van der Waals surface area contributed by atoms with Crippen LogP contribution in [-0.4, -0.2) is 20.3 Å². The van der Waals surface area contributed by atoms with Crippen LogP contribution in [0, 0.1) is 5.92 Å². The fraction of sp³-hybridized carbons (Fsp3) is 0.500. The maximum atomic E-state index is 6.46. The van der Waals surface area contributed by atoms with Gasteiger partial charge in [-0.25, -0.2) is 9.67 Å². The molecule has 4 nitrogen and oxygen atoms in total. The van der Waals surface area contributed by atoms with E-state index < -0.39 is 0 Å². The fourth-order valence-electron chi connectivity index (χ4n) is 2.41. The monoisotopic (exact) mass is 272 g/mol. The lowest BCUT2D eigenvalue weighted by atomic mass is 9.90. The van der Waals surface area contributed by atoms with Gasteiger partial charge in [-0.3, -0.25) is 0 Å². The molecular weight excluding hydrogens is 248 g/mol. The van der Waals surface area contributed by atoms with Crippen LogP contribution in [0.5, 0.6) is 0 Å². The van der Waals surface area contributed by atoms with Gasteiger partial charge in [0.25, 0.3) is 0 Å². The van der Waals surface area contributed by atoms with Crippen molar-refractivity contribution in [2.75, 3.05) is 0 Å². The minimum absolute atomic E-state index is 0.316. The predicted molar refractivity (Wildman–Crippen MR) is 81.3 cm³/mol. The summed E-state index contributed by atoms with van der Waals surface area (Å²) in [5.41, 5.74) is 7.40. The number of aromatic nitrogens is 3. The van der Waals surface area contributed by atoms with Crippen molar-refractivity contribution in [3.8, 4) is 0 Å². The molecule has 2 N–H and O–H groups in total. The topological polar surface area (TPSA) is 56.7 Å². The van der Waals surface area contributed by atoms with Crippen molar-refractivity contribution in [1.29, 1.82) is 0 Å². The standard InChI is InChI=1S/C16H24N4/c1-13(2)11-20-15(18-12-19-20)10-16(3,17)9-14-7-5-4-6-8-14/h4-8,12-13H,9-11,17H2,1-3H3. The molecule has 0 spiro atoms. The summed E-state index contributed by atoms with van der Waals surface area (Å²) in [4.78, 5) is 4.37. The van der Waals surface area contributed by atoms with E-state index in [9.17, 15) is 0 Å². The molecule has 1 aromatic carbocycles. The van der Waals surface area contributed by atoms with Crippen molar-refractivity contribution in [3.05, 3.63) is 48.0 Å². The van der Waals surface area contributed by atoms with Crippen LogP contribution in [0.1, 0.15) is 32.2 Å². The van der Waals surface area contributed by atoms with E-state index in [0.29, 0.717) is 5.92 Å². The Morgan fingerprint density at radius 3 is 2.55 bits per heavy atom. The molecule has 108 valence electrons. The molecule has 2 aromatic rings.